The van der Waals surface area contributed by atoms with Crippen LogP contribution in [0.3, 0.4) is 0 Å². The second-order valence-corrected chi connectivity index (χ2v) is 10.8. The van der Waals surface area contributed by atoms with Gasteiger partial charge in [-0.3, -0.25) is 9.80 Å². The minimum Gasteiger partial charge on any atom is -0.491 e. The fourth-order valence-corrected chi connectivity index (χ4v) is 5.86. The van der Waals surface area contributed by atoms with Crippen LogP contribution in [0.4, 0.5) is 0 Å². The van der Waals surface area contributed by atoms with Gasteiger partial charge in [0, 0.05) is 50.9 Å². The van der Waals surface area contributed by atoms with Crippen molar-refractivity contribution in [3.05, 3.63) is 77.6 Å². The molecule has 1 saturated heterocycles. The van der Waals surface area contributed by atoms with Crippen molar-refractivity contribution in [2.75, 3.05) is 39.3 Å². The molecule has 6 rings (SSSR count). The molecule has 0 aliphatic carbocycles. The van der Waals surface area contributed by atoms with Crippen molar-refractivity contribution in [3.63, 3.8) is 0 Å². The highest BCUT2D eigenvalue weighted by Crippen LogP contribution is 2.31. The molecule has 3 aromatic carbocycles. The van der Waals surface area contributed by atoms with Crippen LogP contribution in [-0.4, -0.2) is 70.5 Å². The second kappa shape index (κ2) is 10.6. The Bertz CT molecular complexity index is 1500. The Balaban J connectivity index is 1.01. The molecular formula is C29H30N4O3S. The van der Waals surface area contributed by atoms with E-state index in [-0.39, 0.29) is 6.61 Å². The van der Waals surface area contributed by atoms with Gasteiger partial charge in [-0.05, 0) is 35.4 Å². The second-order valence-electron chi connectivity index (χ2n) is 9.61. The fourth-order valence-electron chi connectivity index (χ4n) is 5.05. The molecule has 0 spiro atoms. The normalized spacial score (nSPS) is 15.9. The minimum atomic E-state index is -0.548. The number of aliphatic hydroxyl groups excluding tert-OH is 1. The summed E-state index contributed by atoms with van der Waals surface area (Å²) in [6.07, 6.45) is 1.21. The predicted octanol–water partition coefficient (Wildman–Crippen LogP) is 4.97. The maximum Gasteiger partial charge on any atom is 0.132 e. The van der Waals surface area contributed by atoms with Gasteiger partial charge in [-0.1, -0.05) is 47.6 Å². The monoisotopic (exact) mass is 514 g/mol. The number of aryl methyl sites for hydroxylation is 1. The van der Waals surface area contributed by atoms with Crippen LogP contribution in [0.5, 0.6) is 5.75 Å². The Morgan fingerprint density at radius 1 is 1.00 bits per heavy atom. The predicted molar refractivity (Wildman–Crippen MR) is 147 cm³/mol. The zero-order valence-corrected chi connectivity index (χ0v) is 21.7. The van der Waals surface area contributed by atoms with E-state index in [9.17, 15) is 5.11 Å². The average molecular weight is 515 g/mol. The highest BCUT2D eigenvalue weighted by molar-refractivity contribution is 7.18. The standard InChI is InChI=1S/C29H30N4O3S/c1-20-30-27-15-23(9-10-29(27)37-20)35-18-22(34)16-32-11-13-33(14-12-32)17-28-26(19-36-31-28)25-8-4-6-21-5-2-3-7-24(21)25/h2-10,15,19,22,34H,11-14,16-18H2,1H3/t22-/m0/s1. The Kier molecular flexibility index (Phi) is 6.89. The summed E-state index contributed by atoms with van der Waals surface area (Å²) in [5.74, 6) is 0.747. The first-order valence-electron chi connectivity index (χ1n) is 12.7. The fraction of sp³-hybridized carbons (Fsp3) is 0.310. The maximum atomic E-state index is 10.6. The molecule has 1 aliphatic rings. The number of aliphatic hydroxyl groups is 1. The Morgan fingerprint density at radius 2 is 1.81 bits per heavy atom. The van der Waals surface area contributed by atoms with E-state index in [1.807, 2.05) is 25.1 Å². The summed E-state index contributed by atoms with van der Waals surface area (Å²) < 4.78 is 12.4. The largest absolute Gasteiger partial charge is 0.491 e. The first-order valence-corrected chi connectivity index (χ1v) is 13.5. The highest BCUT2D eigenvalue weighted by atomic mass is 32.1. The molecule has 0 radical (unpaired) electrons. The van der Waals surface area contributed by atoms with E-state index in [0.29, 0.717) is 6.54 Å². The van der Waals surface area contributed by atoms with Crippen LogP contribution in [0.2, 0.25) is 0 Å². The van der Waals surface area contributed by atoms with E-state index in [0.717, 1.165) is 70.5 Å². The molecular weight excluding hydrogens is 484 g/mol. The van der Waals surface area contributed by atoms with E-state index in [4.69, 9.17) is 9.26 Å². The number of hydrogen-bond acceptors (Lipinski definition) is 8. The van der Waals surface area contributed by atoms with Crippen LogP contribution in [0.25, 0.3) is 32.1 Å². The summed E-state index contributed by atoms with van der Waals surface area (Å²) in [5, 5.41) is 18.4. The maximum absolute atomic E-state index is 10.6. The van der Waals surface area contributed by atoms with Gasteiger partial charge in [-0.15, -0.1) is 11.3 Å². The van der Waals surface area contributed by atoms with Crippen molar-refractivity contribution in [2.24, 2.45) is 0 Å². The number of piperazine rings is 1. The van der Waals surface area contributed by atoms with E-state index >= 15 is 0 Å². The van der Waals surface area contributed by atoms with Crippen LogP contribution in [0.1, 0.15) is 10.7 Å². The highest BCUT2D eigenvalue weighted by Gasteiger charge is 2.22. The average Bonchev–Trinajstić information content (AvgIpc) is 3.53. The zero-order chi connectivity index (χ0) is 25.2. The van der Waals surface area contributed by atoms with Crippen LogP contribution in [0, 0.1) is 6.92 Å². The van der Waals surface area contributed by atoms with Crippen molar-refractivity contribution >= 4 is 32.3 Å². The van der Waals surface area contributed by atoms with E-state index < -0.39 is 6.10 Å². The van der Waals surface area contributed by atoms with Crippen LogP contribution >= 0.6 is 11.3 Å². The smallest absolute Gasteiger partial charge is 0.132 e. The molecule has 5 aromatic rings. The minimum absolute atomic E-state index is 0.266. The van der Waals surface area contributed by atoms with Crippen molar-refractivity contribution < 1.29 is 14.4 Å². The number of benzene rings is 3. The third-order valence-electron chi connectivity index (χ3n) is 6.94. The molecule has 7 nitrogen and oxygen atoms in total. The molecule has 1 atom stereocenters. The lowest BCUT2D eigenvalue weighted by Gasteiger charge is -2.35. The van der Waals surface area contributed by atoms with Gasteiger partial charge < -0.3 is 14.4 Å². The van der Waals surface area contributed by atoms with E-state index in [2.05, 4.69) is 62.4 Å². The molecule has 0 unspecified atom stereocenters. The molecule has 1 aliphatic heterocycles. The summed E-state index contributed by atoms with van der Waals surface area (Å²) in [6, 6.07) is 20.7. The van der Waals surface area contributed by atoms with Gasteiger partial charge in [0.05, 0.1) is 15.2 Å². The van der Waals surface area contributed by atoms with Gasteiger partial charge in [-0.25, -0.2) is 4.98 Å². The summed E-state index contributed by atoms with van der Waals surface area (Å²) in [4.78, 5) is 9.21. The first kappa shape index (κ1) is 24.1. The SMILES string of the molecule is Cc1nc2cc(OC[C@@H](O)CN3CCN(Cc4nocc4-c4cccc5ccccc45)CC3)ccc2s1. The summed E-state index contributed by atoms with van der Waals surface area (Å²) in [6.45, 7) is 7.21. The quantitative estimate of drug-likeness (QED) is 0.313. The zero-order valence-electron chi connectivity index (χ0n) is 20.8. The summed E-state index contributed by atoms with van der Waals surface area (Å²) in [5.41, 5.74) is 4.12. The number of nitrogens with zero attached hydrogens (tertiary/aromatic N) is 4. The van der Waals surface area contributed by atoms with Gasteiger partial charge in [0.25, 0.3) is 0 Å². The van der Waals surface area contributed by atoms with Crippen molar-refractivity contribution in [3.8, 4) is 16.9 Å². The molecule has 8 heteroatoms. The van der Waals surface area contributed by atoms with Crippen LogP contribution < -0.4 is 4.74 Å². The van der Waals surface area contributed by atoms with Gasteiger partial charge in [0.2, 0.25) is 0 Å². The molecule has 3 heterocycles. The lowest BCUT2D eigenvalue weighted by molar-refractivity contribution is 0.0443. The number of β-amino-alcohol motifs (C(OH)–C–C–N with tert-alkyl or cyclic N) is 1. The van der Waals surface area contributed by atoms with Gasteiger partial charge in [0.15, 0.2) is 0 Å². The third-order valence-corrected chi connectivity index (χ3v) is 7.89. The lowest BCUT2D eigenvalue weighted by Crippen LogP contribution is -2.48. The third kappa shape index (κ3) is 5.38. The Labute approximate surface area is 219 Å². The van der Waals surface area contributed by atoms with E-state index in [1.54, 1.807) is 17.6 Å². The van der Waals surface area contributed by atoms with Crippen molar-refractivity contribution in [2.45, 2.75) is 19.6 Å². The molecule has 190 valence electrons. The number of hydrogen-bond donors (Lipinski definition) is 1. The Morgan fingerprint density at radius 3 is 2.70 bits per heavy atom. The molecule has 0 saturated carbocycles. The van der Waals surface area contributed by atoms with Crippen molar-refractivity contribution in [1.29, 1.82) is 0 Å². The van der Waals surface area contributed by atoms with Crippen LogP contribution in [-0.2, 0) is 6.54 Å². The summed E-state index contributed by atoms with van der Waals surface area (Å²) in [7, 11) is 0. The molecule has 1 N–H and O–H groups in total. The summed E-state index contributed by atoms with van der Waals surface area (Å²) >= 11 is 1.67. The number of thiazole rings is 1. The lowest BCUT2D eigenvalue weighted by atomic mass is 9.98. The van der Waals surface area contributed by atoms with Gasteiger partial charge in [-0.2, -0.15) is 0 Å². The number of aromatic nitrogens is 2. The number of ether oxygens (including phenoxy) is 1. The van der Waals surface area contributed by atoms with Gasteiger partial charge in [0.1, 0.15) is 30.4 Å². The molecule has 2 aromatic heterocycles. The molecule has 0 bridgehead atoms. The molecule has 0 amide bonds. The topological polar surface area (TPSA) is 74.9 Å². The van der Waals surface area contributed by atoms with E-state index in [1.165, 1.54) is 10.8 Å². The molecule has 37 heavy (non-hydrogen) atoms. The number of fused-ring (bicyclic) bond motifs is 2. The number of rotatable bonds is 8. The van der Waals surface area contributed by atoms with Gasteiger partial charge >= 0.3 is 0 Å². The van der Waals surface area contributed by atoms with Crippen LogP contribution in [0.15, 0.2) is 71.4 Å². The molecule has 1 fully saturated rings. The first-order chi connectivity index (χ1) is 18.1. The van der Waals surface area contributed by atoms with Crippen molar-refractivity contribution in [1.82, 2.24) is 19.9 Å². The Hall–Kier alpha value is -3.30.